The molecule has 0 aliphatic carbocycles. The molecule has 0 amide bonds. The summed E-state index contributed by atoms with van der Waals surface area (Å²) in [6.45, 7) is 4.92. The summed E-state index contributed by atoms with van der Waals surface area (Å²) in [7, 11) is 0. The summed E-state index contributed by atoms with van der Waals surface area (Å²) in [4.78, 5) is 1.80. The second kappa shape index (κ2) is 7.71. The lowest BCUT2D eigenvalue weighted by Gasteiger charge is -2.31. The van der Waals surface area contributed by atoms with E-state index in [1.54, 1.807) is 4.90 Å². The van der Waals surface area contributed by atoms with Crippen LogP contribution in [0.5, 0.6) is 0 Å². The summed E-state index contributed by atoms with van der Waals surface area (Å²) in [6, 6.07) is 1.39. The molecule has 0 aromatic rings. The van der Waals surface area contributed by atoms with E-state index in [0.717, 1.165) is 32.4 Å². The molecule has 0 bridgehead atoms. The van der Waals surface area contributed by atoms with Crippen LogP contribution in [0.2, 0.25) is 0 Å². The Hall–Kier alpha value is -0.800. The second-order valence-electron chi connectivity index (χ2n) is 5.18. The summed E-state index contributed by atoms with van der Waals surface area (Å²) in [5, 5.41) is 11.9. The van der Waals surface area contributed by atoms with Crippen molar-refractivity contribution in [2.75, 3.05) is 32.7 Å². The van der Waals surface area contributed by atoms with E-state index in [4.69, 9.17) is 5.26 Å². The predicted octanol–water partition coefficient (Wildman–Crippen LogP) is 2.40. The van der Waals surface area contributed by atoms with Crippen molar-refractivity contribution in [1.29, 1.82) is 5.26 Å². The van der Waals surface area contributed by atoms with Crippen LogP contribution < -0.4 is 5.32 Å². The van der Waals surface area contributed by atoms with Crippen LogP contribution >= 0.6 is 0 Å². The zero-order chi connectivity index (χ0) is 14.3. The fraction of sp³-hybridized carbons (Fsp3) is 0.923. The van der Waals surface area contributed by atoms with Gasteiger partial charge in [-0.25, -0.2) is 0 Å². The molecule has 0 radical (unpaired) electrons. The van der Waals surface area contributed by atoms with E-state index in [1.807, 2.05) is 6.92 Å². The van der Waals surface area contributed by atoms with Crippen molar-refractivity contribution in [3.8, 4) is 6.07 Å². The maximum absolute atomic E-state index is 12.6. The van der Waals surface area contributed by atoms with Gasteiger partial charge in [-0.05, 0) is 44.8 Å². The number of nitrogens with one attached hydrogen (secondary N) is 1. The van der Waals surface area contributed by atoms with Crippen molar-refractivity contribution < 1.29 is 13.2 Å². The largest absolute Gasteiger partial charge is 0.405 e. The van der Waals surface area contributed by atoms with Gasteiger partial charge < -0.3 is 10.2 Å². The normalized spacial score (nSPS) is 19.4. The lowest BCUT2D eigenvalue weighted by Crippen LogP contribution is -2.41. The maximum atomic E-state index is 12.6. The quantitative estimate of drug-likeness (QED) is 0.810. The first-order valence-corrected chi connectivity index (χ1v) is 6.86. The van der Waals surface area contributed by atoms with E-state index >= 15 is 0 Å². The Labute approximate surface area is 112 Å². The van der Waals surface area contributed by atoms with Gasteiger partial charge in [-0.1, -0.05) is 6.92 Å². The van der Waals surface area contributed by atoms with Crippen molar-refractivity contribution in [2.45, 2.75) is 32.4 Å². The smallest absolute Gasteiger partial charge is 0.317 e. The lowest BCUT2D eigenvalue weighted by atomic mass is 9.97. The van der Waals surface area contributed by atoms with Gasteiger partial charge in [0.25, 0.3) is 0 Å². The third-order valence-corrected chi connectivity index (χ3v) is 3.51. The molecule has 0 saturated carbocycles. The van der Waals surface area contributed by atoms with Gasteiger partial charge in [0.05, 0.1) is 6.07 Å². The molecule has 1 heterocycles. The topological polar surface area (TPSA) is 39.1 Å². The molecule has 110 valence electrons. The van der Waals surface area contributed by atoms with Crippen molar-refractivity contribution in [2.24, 2.45) is 11.8 Å². The van der Waals surface area contributed by atoms with Crippen LogP contribution in [0.25, 0.3) is 0 Å². The highest BCUT2D eigenvalue weighted by Gasteiger charge is 2.40. The highest BCUT2D eigenvalue weighted by Crippen LogP contribution is 2.27. The molecule has 0 aromatic heterocycles. The first-order chi connectivity index (χ1) is 8.97. The molecule has 3 nitrogen and oxygen atoms in total. The molecule has 0 aromatic carbocycles. The fourth-order valence-corrected chi connectivity index (χ4v) is 2.48. The van der Waals surface area contributed by atoms with Crippen LogP contribution in [0.15, 0.2) is 0 Å². The molecule has 19 heavy (non-hydrogen) atoms. The Bertz CT molecular complexity index is 292. The monoisotopic (exact) mass is 277 g/mol. The van der Waals surface area contributed by atoms with E-state index in [-0.39, 0.29) is 6.54 Å². The first kappa shape index (κ1) is 16.3. The summed E-state index contributed by atoms with van der Waals surface area (Å²) in [6.07, 6.45) is -1.61. The van der Waals surface area contributed by atoms with Gasteiger partial charge in [0, 0.05) is 13.1 Å². The number of hydrogen-bond acceptors (Lipinski definition) is 3. The average Bonchev–Trinajstić information content (AvgIpc) is 2.35. The molecule has 6 heteroatoms. The van der Waals surface area contributed by atoms with Crippen molar-refractivity contribution in [3.63, 3.8) is 0 Å². The summed E-state index contributed by atoms with van der Waals surface area (Å²) in [5.41, 5.74) is 0. The van der Waals surface area contributed by atoms with Gasteiger partial charge in [-0.3, -0.25) is 0 Å². The Kier molecular flexibility index (Phi) is 6.59. The SMILES string of the molecule is CCCN(CC1CCNCC1)CC(C#N)C(F)(F)F. The molecule has 1 fully saturated rings. The highest BCUT2D eigenvalue weighted by atomic mass is 19.4. The van der Waals surface area contributed by atoms with E-state index < -0.39 is 12.1 Å². The number of rotatable bonds is 6. The van der Waals surface area contributed by atoms with Crippen LogP contribution in [-0.4, -0.2) is 43.8 Å². The van der Waals surface area contributed by atoms with Gasteiger partial charge in [0.15, 0.2) is 5.92 Å². The molecular weight excluding hydrogens is 255 g/mol. The van der Waals surface area contributed by atoms with Crippen molar-refractivity contribution in [1.82, 2.24) is 10.2 Å². The molecule has 1 saturated heterocycles. The minimum absolute atomic E-state index is 0.197. The molecule has 1 atom stereocenters. The predicted molar refractivity (Wildman–Crippen MR) is 67.5 cm³/mol. The Morgan fingerprint density at radius 2 is 2.00 bits per heavy atom. The number of alkyl halides is 3. The van der Waals surface area contributed by atoms with E-state index in [1.165, 1.54) is 6.07 Å². The minimum atomic E-state index is -4.42. The van der Waals surface area contributed by atoms with E-state index in [0.29, 0.717) is 19.0 Å². The van der Waals surface area contributed by atoms with Crippen molar-refractivity contribution in [3.05, 3.63) is 0 Å². The molecule has 0 spiro atoms. The number of piperidine rings is 1. The maximum Gasteiger partial charge on any atom is 0.405 e. The molecule has 1 aliphatic heterocycles. The Balaban J connectivity index is 2.53. The number of nitrogens with zero attached hydrogens (tertiary/aromatic N) is 2. The summed E-state index contributed by atoms with van der Waals surface area (Å²) < 4.78 is 37.9. The number of nitriles is 1. The molecule has 1 unspecified atom stereocenters. The number of halogens is 3. The zero-order valence-electron chi connectivity index (χ0n) is 11.3. The third kappa shape index (κ3) is 5.79. The molecular formula is C13H22F3N3. The summed E-state index contributed by atoms with van der Waals surface area (Å²) >= 11 is 0. The van der Waals surface area contributed by atoms with Crippen molar-refractivity contribution >= 4 is 0 Å². The molecule has 1 N–H and O–H groups in total. The van der Waals surface area contributed by atoms with Gasteiger partial charge in [-0.2, -0.15) is 18.4 Å². The lowest BCUT2D eigenvalue weighted by molar-refractivity contribution is -0.163. The van der Waals surface area contributed by atoms with Gasteiger partial charge in [-0.15, -0.1) is 0 Å². The Morgan fingerprint density at radius 3 is 2.47 bits per heavy atom. The van der Waals surface area contributed by atoms with Crippen LogP contribution in [0.4, 0.5) is 13.2 Å². The zero-order valence-corrected chi connectivity index (χ0v) is 11.3. The highest BCUT2D eigenvalue weighted by molar-refractivity contribution is 4.91. The molecule has 1 rings (SSSR count). The van der Waals surface area contributed by atoms with Gasteiger partial charge >= 0.3 is 6.18 Å². The third-order valence-electron chi connectivity index (χ3n) is 3.51. The van der Waals surface area contributed by atoms with E-state index in [9.17, 15) is 13.2 Å². The standard InChI is InChI=1S/C13H22F3N3/c1-2-7-19(9-11-3-5-18-6-4-11)10-12(8-17)13(14,15)16/h11-12,18H,2-7,9-10H2,1H3. The number of hydrogen-bond donors (Lipinski definition) is 1. The van der Waals surface area contributed by atoms with Crippen LogP contribution in [0.3, 0.4) is 0 Å². The van der Waals surface area contributed by atoms with Crippen LogP contribution in [0, 0.1) is 23.2 Å². The molecule has 1 aliphatic rings. The van der Waals surface area contributed by atoms with E-state index in [2.05, 4.69) is 5.32 Å². The summed E-state index contributed by atoms with van der Waals surface area (Å²) in [5.74, 6) is -1.43. The second-order valence-corrected chi connectivity index (χ2v) is 5.18. The van der Waals surface area contributed by atoms with Gasteiger partial charge in [0.1, 0.15) is 0 Å². The average molecular weight is 277 g/mol. The first-order valence-electron chi connectivity index (χ1n) is 6.86. The van der Waals surface area contributed by atoms with Crippen LogP contribution in [-0.2, 0) is 0 Å². The van der Waals surface area contributed by atoms with Gasteiger partial charge in [0.2, 0.25) is 0 Å². The van der Waals surface area contributed by atoms with Crippen LogP contribution in [0.1, 0.15) is 26.2 Å². The Morgan fingerprint density at radius 1 is 1.37 bits per heavy atom. The minimum Gasteiger partial charge on any atom is -0.317 e. The fourth-order valence-electron chi connectivity index (χ4n) is 2.48.